The van der Waals surface area contributed by atoms with Gasteiger partial charge in [-0.3, -0.25) is 0 Å². The fraction of sp³-hybridized carbons (Fsp3) is 0.905. The summed E-state index contributed by atoms with van der Waals surface area (Å²) in [4.78, 5) is 0. The van der Waals surface area contributed by atoms with E-state index in [2.05, 4.69) is 13.5 Å². The molecule has 2 N–H and O–H groups in total. The normalized spacial score (nSPS) is 12.5. The summed E-state index contributed by atoms with van der Waals surface area (Å²) in [5, 5.41) is 18.1. The van der Waals surface area contributed by atoms with Gasteiger partial charge in [0.2, 0.25) is 0 Å². The molecule has 0 aliphatic carbocycles. The van der Waals surface area contributed by atoms with Gasteiger partial charge >= 0.3 is 0 Å². The fourth-order valence-corrected chi connectivity index (χ4v) is 3.07. The van der Waals surface area contributed by atoms with Crippen LogP contribution in [0.1, 0.15) is 110 Å². The molecule has 0 aromatic heterocycles. The maximum Gasteiger partial charge on any atom is 0.0807 e. The van der Waals surface area contributed by atoms with Gasteiger partial charge in [-0.25, -0.2) is 0 Å². The summed E-state index contributed by atoms with van der Waals surface area (Å²) in [6, 6.07) is 0. The second-order valence-electron chi connectivity index (χ2n) is 7.14. The van der Waals surface area contributed by atoms with Crippen molar-refractivity contribution in [2.45, 2.75) is 116 Å². The Morgan fingerprint density at radius 2 is 1.13 bits per heavy atom. The Hall–Kier alpha value is -0.340. The van der Waals surface area contributed by atoms with Crippen molar-refractivity contribution in [1.82, 2.24) is 0 Å². The number of rotatable bonds is 18. The highest BCUT2D eigenvalue weighted by atomic mass is 16.3. The lowest BCUT2D eigenvalue weighted by Crippen LogP contribution is -2.12. The van der Waals surface area contributed by atoms with E-state index < -0.39 is 6.10 Å². The van der Waals surface area contributed by atoms with Gasteiger partial charge in [0.05, 0.1) is 12.7 Å². The summed E-state index contributed by atoms with van der Waals surface area (Å²) in [5.41, 5.74) is 1.07. The van der Waals surface area contributed by atoms with Crippen molar-refractivity contribution in [3.8, 4) is 0 Å². The molecule has 1 unspecified atom stereocenters. The minimum atomic E-state index is -0.617. The number of hydrogen-bond acceptors (Lipinski definition) is 2. The van der Waals surface area contributed by atoms with E-state index in [4.69, 9.17) is 5.11 Å². The SMILES string of the molecule is C=C(CCCCCCCCCCCCCCCC)CC(O)CO. The van der Waals surface area contributed by atoms with E-state index in [-0.39, 0.29) is 6.61 Å². The molecule has 2 heteroatoms. The molecule has 1 atom stereocenters. The Balaban J connectivity index is 3.12. The first-order valence-electron chi connectivity index (χ1n) is 10.2. The van der Waals surface area contributed by atoms with E-state index in [1.54, 1.807) is 0 Å². The third-order valence-electron chi connectivity index (χ3n) is 4.62. The quantitative estimate of drug-likeness (QED) is 0.234. The second-order valence-corrected chi connectivity index (χ2v) is 7.14. The zero-order valence-corrected chi connectivity index (χ0v) is 15.7. The van der Waals surface area contributed by atoms with Crippen molar-refractivity contribution in [1.29, 1.82) is 0 Å². The zero-order chi connectivity index (χ0) is 17.2. The van der Waals surface area contributed by atoms with Crippen LogP contribution in [0.25, 0.3) is 0 Å². The van der Waals surface area contributed by atoms with Gasteiger partial charge in [0.15, 0.2) is 0 Å². The lowest BCUT2D eigenvalue weighted by Gasteiger charge is -2.09. The van der Waals surface area contributed by atoms with E-state index >= 15 is 0 Å². The van der Waals surface area contributed by atoms with Crippen LogP contribution in [0.15, 0.2) is 12.2 Å². The molecule has 0 bridgehead atoms. The van der Waals surface area contributed by atoms with Gasteiger partial charge in [-0.15, -0.1) is 0 Å². The Labute approximate surface area is 145 Å². The molecule has 0 aromatic rings. The standard InChI is InChI=1S/C21H42O2/c1-3-4-5-6-7-8-9-10-11-12-13-14-15-16-17-20(2)18-21(23)19-22/h21-23H,2-19H2,1H3. The maximum atomic E-state index is 9.33. The summed E-state index contributed by atoms with van der Waals surface area (Å²) < 4.78 is 0. The van der Waals surface area contributed by atoms with Crippen molar-refractivity contribution < 1.29 is 10.2 Å². The molecule has 0 aliphatic rings. The van der Waals surface area contributed by atoms with Crippen molar-refractivity contribution in [3.63, 3.8) is 0 Å². The highest BCUT2D eigenvalue weighted by Crippen LogP contribution is 2.16. The maximum absolute atomic E-state index is 9.33. The summed E-state index contributed by atoms with van der Waals surface area (Å²) in [6.45, 7) is 6.09. The van der Waals surface area contributed by atoms with E-state index in [1.165, 1.54) is 89.9 Å². The molecule has 0 fully saturated rings. The monoisotopic (exact) mass is 326 g/mol. The molecule has 138 valence electrons. The predicted octanol–water partition coefficient (Wildman–Crippen LogP) is 6.16. The Bertz CT molecular complexity index is 250. The van der Waals surface area contributed by atoms with Crippen LogP contribution in [0.2, 0.25) is 0 Å². The molecule has 0 saturated carbocycles. The molecule has 0 saturated heterocycles. The van der Waals surface area contributed by atoms with Crippen LogP contribution in [-0.4, -0.2) is 22.9 Å². The predicted molar refractivity (Wildman–Crippen MR) is 102 cm³/mol. The second kappa shape index (κ2) is 18.0. The number of unbranched alkanes of at least 4 members (excludes halogenated alkanes) is 13. The Morgan fingerprint density at radius 3 is 1.52 bits per heavy atom. The number of hydrogen-bond donors (Lipinski definition) is 2. The average molecular weight is 327 g/mol. The van der Waals surface area contributed by atoms with Crippen molar-refractivity contribution in [2.24, 2.45) is 0 Å². The van der Waals surface area contributed by atoms with Crippen LogP contribution in [0.4, 0.5) is 0 Å². The zero-order valence-electron chi connectivity index (χ0n) is 15.7. The Kier molecular flexibility index (Phi) is 17.7. The number of aliphatic hydroxyl groups excluding tert-OH is 2. The summed E-state index contributed by atoms with van der Waals surface area (Å²) in [7, 11) is 0. The van der Waals surface area contributed by atoms with Crippen LogP contribution in [0.3, 0.4) is 0 Å². The summed E-state index contributed by atoms with van der Waals surface area (Å²) >= 11 is 0. The number of aliphatic hydroxyl groups is 2. The third kappa shape index (κ3) is 17.8. The first-order valence-corrected chi connectivity index (χ1v) is 10.2. The van der Waals surface area contributed by atoms with Gasteiger partial charge in [-0.2, -0.15) is 0 Å². The molecule has 0 spiro atoms. The average Bonchev–Trinajstić information content (AvgIpc) is 2.55. The summed E-state index contributed by atoms with van der Waals surface area (Å²) in [5.74, 6) is 0. The third-order valence-corrected chi connectivity index (χ3v) is 4.62. The molecule has 0 aliphatic heterocycles. The highest BCUT2D eigenvalue weighted by Gasteiger charge is 2.04. The molecule has 0 amide bonds. The molecule has 0 rings (SSSR count). The fourth-order valence-electron chi connectivity index (χ4n) is 3.07. The van der Waals surface area contributed by atoms with Crippen LogP contribution in [0.5, 0.6) is 0 Å². The lowest BCUT2D eigenvalue weighted by molar-refractivity contribution is 0.0948. The van der Waals surface area contributed by atoms with Gasteiger partial charge < -0.3 is 10.2 Å². The van der Waals surface area contributed by atoms with E-state index in [9.17, 15) is 5.11 Å². The highest BCUT2D eigenvalue weighted by molar-refractivity contribution is 4.95. The minimum absolute atomic E-state index is 0.155. The van der Waals surface area contributed by atoms with Crippen LogP contribution in [-0.2, 0) is 0 Å². The van der Waals surface area contributed by atoms with E-state index in [0.29, 0.717) is 6.42 Å². The van der Waals surface area contributed by atoms with Crippen LogP contribution < -0.4 is 0 Å². The van der Waals surface area contributed by atoms with Crippen LogP contribution >= 0.6 is 0 Å². The van der Waals surface area contributed by atoms with Crippen molar-refractivity contribution in [3.05, 3.63) is 12.2 Å². The topological polar surface area (TPSA) is 40.5 Å². The largest absolute Gasteiger partial charge is 0.394 e. The first-order chi connectivity index (χ1) is 11.2. The molecule has 2 nitrogen and oxygen atoms in total. The van der Waals surface area contributed by atoms with E-state index in [0.717, 1.165) is 12.0 Å². The molecule has 0 radical (unpaired) electrons. The molecule has 0 aromatic carbocycles. The van der Waals surface area contributed by atoms with Crippen LogP contribution in [0, 0.1) is 0 Å². The van der Waals surface area contributed by atoms with Gasteiger partial charge in [-0.05, 0) is 19.3 Å². The first kappa shape index (κ1) is 22.7. The van der Waals surface area contributed by atoms with Gasteiger partial charge in [0.1, 0.15) is 0 Å². The van der Waals surface area contributed by atoms with Crippen molar-refractivity contribution in [2.75, 3.05) is 6.61 Å². The summed E-state index contributed by atoms with van der Waals surface area (Å²) in [6.07, 6.45) is 20.2. The Morgan fingerprint density at radius 1 is 0.739 bits per heavy atom. The van der Waals surface area contributed by atoms with Crippen molar-refractivity contribution >= 4 is 0 Å². The molecular formula is C21H42O2. The minimum Gasteiger partial charge on any atom is -0.394 e. The lowest BCUT2D eigenvalue weighted by atomic mass is 10.0. The van der Waals surface area contributed by atoms with Gasteiger partial charge in [0, 0.05) is 0 Å². The van der Waals surface area contributed by atoms with E-state index in [1.807, 2.05) is 0 Å². The molecular weight excluding hydrogens is 284 g/mol. The van der Waals surface area contributed by atoms with Gasteiger partial charge in [0.25, 0.3) is 0 Å². The molecule has 23 heavy (non-hydrogen) atoms. The molecule has 0 heterocycles. The van der Waals surface area contributed by atoms with Gasteiger partial charge in [-0.1, -0.05) is 103 Å². The smallest absolute Gasteiger partial charge is 0.0807 e.